The summed E-state index contributed by atoms with van der Waals surface area (Å²) in [6.45, 7) is 4.26. The third-order valence-corrected chi connectivity index (χ3v) is 4.34. The molecule has 0 aliphatic rings. The smallest absolute Gasteiger partial charge is 0.305 e. The van der Waals surface area contributed by atoms with Gasteiger partial charge in [0.15, 0.2) is 0 Å². The van der Waals surface area contributed by atoms with Crippen molar-refractivity contribution < 1.29 is 29.0 Å². The van der Waals surface area contributed by atoms with Crippen molar-refractivity contribution in [1.82, 2.24) is 5.32 Å². The van der Waals surface area contributed by atoms with E-state index in [1.807, 2.05) is 0 Å². The number of rotatable bonds is 21. The Balaban J connectivity index is 0. The van der Waals surface area contributed by atoms with Gasteiger partial charge in [-0.2, -0.15) is 0 Å². The molecule has 0 rings (SSSR count). The standard InChI is InChI=1S/C23H41NO4.CH2O2/c1-2-3-4-5-6-7-8-9-10-11-12-13-14-15-16-17-23(26)28-21-19-24-18-20-27-22-25;2-1-3/h6-7,9-10,22,24H,2-5,8,11-21H2,1H3;1H,(H,2,3)/b7-6-,10-9-;. The van der Waals surface area contributed by atoms with Gasteiger partial charge in [-0.1, -0.05) is 63.3 Å². The summed E-state index contributed by atoms with van der Waals surface area (Å²) >= 11 is 0. The maximum absolute atomic E-state index is 11.6. The van der Waals surface area contributed by atoms with Crippen molar-refractivity contribution >= 4 is 18.9 Å². The molecule has 0 atom stereocenters. The summed E-state index contributed by atoms with van der Waals surface area (Å²) in [5, 5.41) is 9.92. The van der Waals surface area contributed by atoms with Crippen molar-refractivity contribution in [3.05, 3.63) is 24.3 Å². The van der Waals surface area contributed by atoms with E-state index in [2.05, 4.69) is 41.3 Å². The van der Waals surface area contributed by atoms with Gasteiger partial charge in [0.2, 0.25) is 0 Å². The Labute approximate surface area is 188 Å². The number of hydrogen-bond acceptors (Lipinski definition) is 6. The monoisotopic (exact) mass is 441 g/mol. The van der Waals surface area contributed by atoms with E-state index in [0.717, 1.165) is 25.7 Å². The van der Waals surface area contributed by atoms with E-state index in [-0.39, 0.29) is 12.4 Å². The molecule has 0 saturated carbocycles. The highest BCUT2D eigenvalue weighted by Gasteiger charge is 2.02. The van der Waals surface area contributed by atoms with Crippen LogP contribution in [-0.2, 0) is 23.9 Å². The highest BCUT2D eigenvalue weighted by molar-refractivity contribution is 5.69. The molecule has 0 aliphatic heterocycles. The lowest BCUT2D eigenvalue weighted by Gasteiger charge is -2.06. The topological polar surface area (TPSA) is 102 Å². The van der Waals surface area contributed by atoms with Gasteiger partial charge >= 0.3 is 5.97 Å². The van der Waals surface area contributed by atoms with Crippen molar-refractivity contribution in [2.24, 2.45) is 0 Å². The third kappa shape index (κ3) is 32.7. The molecule has 0 fully saturated rings. The fraction of sp³-hybridized carbons (Fsp3) is 0.708. The zero-order chi connectivity index (χ0) is 23.3. The molecule has 0 bridgehead atoms. The van der Waals surface area contributed by atoms with Crippen LogP contribution in [0.1, 0.15) is 84.0 Å². The average Bonchev–Trinajstić information content (AvgIpc) is 2.76. The molecule has 7 nitrogen and oxygen atoms in total. The number of unbranched alkanes of at least 4 members (excludes halogenated alkanes) is 8. The van der Waals surface area contributed by atoms with Gasteiger partial charge in [-0.05, 0) is 38.5 Å². The molecular weight excluding hydrogens is 398 g/mol. The molecule has 0 spiro atoms. The van der Waals surface area contributed by atoms with Crippen LogP contribution in [0.4, 0.5) is 0 Å². The molecule has 2 N–H and O–H groups in total. The van der Waals surface area contributed by atoms with Gasteiger partial charge in [-0.15, -0.1) is 0 Å². The highest BCUT2D eigenvalue weighted by atomic mass is 16.5. The minimum absolute atomic E-state index is 0.128. The van der Waals surface area contributed by atoms with Crippen LogP contribution in [0.3, 0.4) is 0 Å². The van der Waals surface area contributed by atoms with Crippen molar-refractivity contribution in [2.75, 3.05) is 26.3 Å². The van der Waals surface area contributed by atoms with E-state index in [1.54, 1.807) is 0 Å². The summed E-state index contributed by atoms with van der Waals surface area (Å²) in [5.41, 5.74) is 0. The van der Waals surface area contributed by atoms with Gasteiger partial charge in [-0.25, -0.2) is 0 Å². The fourth-order valence-corrected chi connectivity index (χ4v) is 2.69. The minimum Gasteiger partial charge on any atom is -0.483 e. The second kappa shape index (κ2) is 30.0. The quantitative estimate of drug-likeness (QED) is 0.114. The van der Waals surface area contributed by atoms with Crippen LogP contribution in [-0.4, -0.2) is 50.3 Å². The van der Waals surface area contributed by atoms with Crippen molar-refractivity contribution in [3.8, 4) is 0 Å². The second-order valence-electron chi connectivity index (χ2n) is 7.02. The van der Waals surface area contributed by atoms with Crippen LogP contribution in [0.25, 0.3) is 0 Å². The van der Waals surface area contributed by atoms with Gasteiger partial charge in [0.25, 0.3) is 12.9 Å². The predicted molar refractivity (Wildman–Crippen MR) is 124 cm³/mol. The normalized spacial score (nSPS) is 10.6. The Hall–Kier alpha value is -2.15. The molecule has 180 valence electrons. The van der Waals surface area contributed by atoms with Crippen LogP contribution in [0.15, 0.2) is 24.3 Å². The van der Waals surface area contributed by atoms with Crippen molar-refractivity contribution in [3.63, 3.8) is 0 Å². The first kappa shape index (κ1) is 31.0. The summed E-state index contributed by atoms with van der Waals surface area (Å²) in [5.74, 6) is -0.128. The Morgan fingerprint density at radius 2 is 1.42 bits per heavy atom. The Kier molecular flexibility index (Phi) is 30.1. The van der Waals surface area contributed by atoms with Gasteiger partial charge in [0.1, 0.15) is 13.2 Å². The Morgan fingerprint density at radius 3 is 2.06 bits per heavy atom. The first-order valence-corrected chi connectivity index (χ1v) is 11.5. The van der Waals surface area contributed by atoms with Crippen LogP contribution in [0, 0.1) is 0 Å². The summed E-state index contributed by atoms with van der Waals surface area (Å²) < 4.78 is 9.68. The molecule has 0 heterocycles. The van der Waals surface area contributed by atoms with Crippen LogP contribution in [0.2, 0.25) is 0 Å². The van der Waals surface area contributed by atoms with Crippen LogP contribution >= 0.6 is 0 Å². The van der Waals surface area contributed by atoms with Crippen molar-refractivity contribution in [2.45, 2.75) is 84.0 Å². The first-order valence-electron chi connectivity index (χ1n) is 11.5. The molecule has 31 heavy (non-hydrogen) atoms. The molecule has 0 aromatic heterocycles. The number of nitrogens with one attached hydrogen (secondary N) is 1. The number of hydrogen-bond donors (Lipinski definition) is 2. The highest BCUT2D eigenvalue weighted by Crippen LogP contribution is 2.08. The lowest BCUT2D eigenvalue weighted by atomic mass is 10.1. The molecule has 0 unspecified atom stereocenters. The average molecular weight is 442 g/mol. The molecule has 0 saturated heterocycles. The minimum atomic E-state index is -0.250. The summed E-state index contributed by atoms with van der Waals surface area (Å²) in [4.78, 5) is 29.9. The van der Waals surface area contributed by atoms with Gasteiger partial charge in [0, 0.05) is 19.5 Å². The van der Waals surface area contributed by atoms with Crippen LogP contribution < -0.4 is 5.32 Å². The summed E-state index contributed by atoms with van der Waals surface area (Å²) in [6.07, 6.45) is 22.6. The maximum atomic E-state index is 11.6. The molecule has 0 aliphatic carbocycles. The second-order valence-corrected chi connectivity index (χ2v) is 7.02. The molecular formula is C24H43NO6. The molecule has 0 amide bonds. The number of allylic oxidation sites excluding steroid dienone is 4. The van der Waals surface area contributed by atoms with E-state index in [9.17, 15) is 9.59 Å². The number of carbonyl (C=O) groups excluding carboxylic acids is 2. The van der Waals surface area contributed by atoms with Crippen molar-refractivity contribution in [1.29, 1.82) is 0 Å². The number of carbonyl (C=O) groups is 3. The number of ether oxygens (including phenoxy) is 2. The van der Waals surface area contributed by atoms with Gasteiger partial charge in [-0.3, -0.25) is 14.4 Å². The van der Waals surface area contributed by atoms with E-state index in [1.165, 1.54) is 44.9 Å². The SMILES string of the molecule is CCCCC/C=C\C/C=C\CCCCCCCC(=O)OCCNCCOC=O.O=CO. The van der Waals surface area contributed by atoms with Gasteiger partial charge < -0.3 is 19.9 Å². The Morgan fingerprint density at radius 1 is 0.839 bits per heavy atom. The molecule has 7 heteroatoms. The summed E-state index contributed by atoms with van der Waals surface area (Å²) in [6, 6.07) is 0. The first-order chi connectivity index (χ1) is 15.2. The maximum Gasteiger partial charge on any atom is 0.305 e. The van der Waals surface area contributed by atoms with Crippen LogP contribution in [0.5, 0.6) is 0 Å². The molecule has 0 aromatic carbocycles. The number of carboxylic acid groups (broad SMARTS) is 1. The van der Waals surface area contributed by atoms with E-state index >= 15 is 0 Å². The largest absolute Gasteiger partial charge is 0.483 e. The fourth-order valence-electron chi connectivity index (χ4n) is 2.69. The number of esters is 1. The van der Waals surface area contributed by atoms with E-state index in [4.69, 9.17) is 14.6 Å². The van der Waals surface area contributed by atoms with Gasteiger partial charge in [0.05, 0.1) is 0 Å². The summed E-state index contributed by atoms with van der Waals surface area (Å²) in [7, 11) is 0. The zero-order valence-corrected chi connectivity index (χ0v) is 19.3. The molecule has 0 radical (unpaired) electrons. The predicted octanol–water partition coefficient (Wildman–Crippen LogP) is 4.81. The van der Waals surface area contributed by atoms with E-state index in [0.29, 0.717) is 39.2 Å². The molecule has 0 aromatic rings. The lowest BCUT2D eigenvalue weighted by Crippen LogP contribution is -2.24. The Bertz CT molecular complexity index is 451. The van der Waals surface area contributed by atoms with E-state index < -0.39 is 0 Å². The third-order valence-electron chi connectivity index (χ3n) is 4.34. The zero-order valence-electron chi connectivity index (χ0n) is 19.3. The lowest BCUT2D eigenvalue weighted by molar-refractivity contribution is -0.143.